The lowest BCUT2D eigenvalue weighted by molar-refractivity contribution is -0.136. The van der Waals surface area contributed by atoms with Gasteiger partial charge in [0.15, 0.2) is 6.10 Å². The molecule has 2 aliphatic heterocycles. The van der Waals surface area contributed by atoms with Gasteiger partial charge >= 0.3 is 12.0 Å². The van der Waals surface area contributed by atoms with Gasteiger partial charge in [-0.25, -0.2) is 9.59 Å². The molecule has 2 saturated heterocycles. The van der Waals surface area contributed by atoms with Gasteiger partial charge in [0, 0.05) is 19.7 Å². The summed E-state index contributed by atoms with van der Waals surface area (Å²) in [5, 5.41) is 2.53. The minimum atomic E-state index is -1.04. The molecular weight excluding hydrogens is 340 g/mol. The van der Waals surface area contributed by atoms with Gasteiger partial charge in [0.25, 0.3) is 5.91 Å². The van der Waals surface area contributed by atoms with E-state index in [1.54, 1.807) is 24.3 Å². The second kappa shape index (κ2) is 8.18. The van der Waals surface area contributed by atoms with E-state index in [0.717, 1.165) is 24.3 Å². The topological polar surface area (TPSA) is 94.2 Å². The van der Waals surface area contributed by atoms with Gasteiger partial charge in [0.05, 0.1) is 11.7 Å². The van der Waals surface area contributed by atoms with Crippen molar-refractivity contribution >= 4 is 17.9 Å². The molecule has 2 aliphatic rings. The minimum absolute atomic E-state index is 0.120. The number of nitrogens with one attached hydrogen (secondary N) is 1. The van der Waals surface area contributed by atoms with E-state index in [2.05, 4.69) is 5.32 Å². The summed E-state index contributed by atoms with van der Waals surface area (Å²) in [6.45, 7) is 3.38. The Hall–Kier alpha value is -2.61. The molecule has 0 aliphatic carbocycles. The summed E-state index contributed by atoms with van der Waals surface area (Å²) < 4.78 is 16.3. The quantitative estimate of drug-likeness (QED) is 0.768. The maximum atomic E-state index is 12.2. The van der Waals surface area contributed by atoms with Crippen molar-refractivity contribution in [2.75, 3.05) is 26.3 Å². The molecule has 1 N–H and O–H groups in total. The van der Waals surface area contributed by atoms with Crippen LogP contribution in [0, 0.1) is 0 Å². The van der Waals surface area contributed by atoms with E-state index in [0.29, 0.717) is 24.5 Å². The lowest BCUT2D eigenvalue weighted by Gasteiger charge is -2.18. The fourth-order valence-electron chi connectivity index (χ4n) is 2.83. The molecule has 2 fully saturated rings. The van der Waals surface area contributed by atoms with Gasteiger partial charge in [-0.3, -0.25) is 9.69 Å². The number of hydrogen-bond donors (Lipinski definition) is 1. The maximum absolute atomic E-state index is 12.2. The Morgan fingerprint density at radius 3 is 2.73 bits per heavy atom. The lowest BCUT2D eigenvalue weighted by atomic mass is 10.2. The van der Waals surface area contributed by atoms with Gasteiger partial charge in [-0.2, -0.15) is 0 Å². The Bertz CT molecular complexity index is 669. The van der Waals surface area contributed by atoms with Crippen molar-refractivity contribution in [2.45, 2.75) is 32.0 Å². The maximum Gasteiger partial charge on any atom is 0.338 e. The molecule has 1 aromatic rings. The van der Waals surface area contributed by atoms with Gasteiger partial charge in [-0.15, -0.1) is 0 Å². The normalized spacial score (nSPS) is 20.6. The molecule has 3 rings (SSSR count). The van der Waals surface area contributed by atoms with Crippen LogP contribution in [0.3, 0.4) is 0 Å². The van der Waals surface area contributed by atoms with Crippen molar-refractivity contribution in [1.82, 2.24) is 10.2 Å². The average Bonchev–Trinajstić information content (AvgIpc) is 3.31. The number of carbonyl (C=O) groups is 3. The van der Waals surface area contributed by atoms with Crippen LogP contribution in [0.5, 0.6) is 5.75 Å². The number of nitrogens with zero attached hydrogens (tertiary/aromatic N) is 1. The molecule has 8 heteroatoms. The molecule has 0 spiro atoms. The molecule has 0 unspecified atom stereocenters. The summed E-state index contributed by atoms with van der Waals surface area (Å²) in [4.78, 5) is 36.9. The molecule has 1 aromatic carbocycles. The monoisotopic (exact) mass is 362 g/mol. The van der Waals surface area contributed by atoms with Crippen LogP contribution in [-0.2, 0) is 14.3 Å². The third-order valence-electron chi connectivity index (χ3n) is 4.30. The van der Waals surface area contributed by atoms with Crippen molar-refractivity contribution in [3.8, 4) is 5.75 Å². The number of amides is 3. The number of hydrogen-bond acceptors (Lipinski definition) is 6. The Labute approximate surface area is 151 Å². The van der Waals surface area contributed by atoms with Crippen molar-refractivity contribution in [3.05, 3.63) is 29.8 Å². The Kier molecular flexibility index (Phi) is 5.72. The van der Waals surface area contributed by atoms with Crippen LogP contribution >= 0.6 is 0 Å². The van der Waals surface area contributed by atoms with E-state index < -0.39 is 24.0 Å². The van der Waals surface area contributed by atoms with Crippen LogP contribution in [-0.4, -0.2) is 61.3 Å². The summed E-state index contributed by atoms with van der Waals surface area (Å²) >= 11 is 0. The van der Waals surface area contributed by atoms with Crippen LogP contribution in [0.15, 0.2) is 24.3 Å². The largest absolute Gasteiger partial charge is 0.491 e. The van der Waals surface area contributed by atoms with E-state index in [9.17, 15) is 14.4 Å². The van der Waals surface area contributed by atoms with E-state index in [-0.39, 0.29) is 12.6 Å². The minimum Gasteiger partial charge on any atom is -0.491 e. The standard InChI is InChI=1S/C18H22N2O6/c1-12(16(21)20-9-8-19-18(20)23)26-17(22)13-4-6-14(7-5-13)25-11-15-3-2-10-24-15/h4-7,12,15H,2-3,8-11H2,1H3,(H,19,23)/t12-,15-/m1/s1. The molecule has 140 valence electrons. The highest BCUT2D eigenvalue weighted by Gasteiger charge is 2.31. The van der Waals surface area contributed by atoms with Gasteiger partial charge in [-0.05, 0) is 44.0 Å². The van der Waals surface area contributed by atoms with E-state index in [4.69, 9.17) is 14.2 Å². The van der Waals surface area contributed by atoms with E-state index in [1.807, 2.05) is 0 Å². The second-order valence-electron chi connectivity index (χ2n) is 6.24. The number of esters is 1. The molecule has 0 aromatic heterocycles. The zero-order valence-electron chi connectivity index (χ0n) is 14.6. The lowest BCUT2D eigenvalue weighted by Crippen LogP contribution is -2.41. The molecule has 0 saturated carbocycles. The van der Waals surface area contributed by atoms with Crippen LogP contribution in [0.4, 0.5) is 4.79 Å². The van der Waals surface area contributed by atoms with Crippen LogP contribution in [0.2, 0.25) is 0 Å². The van der Waals surface area contributed by atoms with Gasteiger partial charge in [0.2, 0.25) is 0 Å². The number of rotatable bonds is 6. The summed E-state index contributed by atoms with van der Waals surface area (Å²) in [5.41, 5.74) is 0.306. The van der Waals surface area contributed by atoms with Gasteiger partial charge in [-0.1, -0.05) is 0 Å². The highest BCUT2D eigenvalue weighted by atomic mass is 16.5. The summed E-state index contributed by atoms with van der Waals surface area (Å²) in [6, 6.07) is 6.03. The number of urea groups is 1. The molecular formula is C18H22N2O6. The van der Waals surface area contributed by atoms with Crippen LogP contribution in [0.1, 0.15) is 30.1 Å². The molecule has 0 bridgehead atoms. The summed E-state index contributed by atoms with van der Waals surface area (Å²) in [5.74, 6) is -0.532. The first-order valence-electron chi connectivity index (χ1n) is 8.69. The Morgan fingerprint density at radius 2 is 2.12 bits per heavy atom. The number of benzene rings is 1. The summed E-state index contributed by atoms with van der Waals surface area (Å²) in [6.07, 6.45) is 1.12. The second-order valence-corrected chi connectivity index (χ2v) is 6.24. The third kappa shape index (κ3) is 4.32. The first-order valence-corrected chi connectivity index (χ1v) is 8.69. The van der Waals surface area contributed by atoms with Gasteiger partial charge in [0.1, 0.15) is 12.4 Å². The number of carbonyl (C=O) groups excluding carboxylic acids is 3. The predicted molar refractivity (Wildman–Crippen MR) is 90.9 cm³/mol. The fraction of sp³-hybridized carbons (Fsp3) is 0.500. The van der Waals surface area contributed by atoms with Crippen molar-refractivity contribution in [1.29, 1.82) is 0 Å². The van der Waals surface area contributed by atoms with Crippen molar-refractivity contribution < 1.29 is 28.6 Å². The third-order valence-corrected chi connectivity index (χ3v) is 4.30. The molecule has 3 amide bonds. The molecule has 0 radical (unpaired) electrons. The Morgan fingerprint density at radius 1 is 1.35 bits per heavy atom. The van der Waals surface area contributed by atoms with E-state index in [1.165, 1.54) is 6.92 Å². The first-order chi connectivity index (χ1) is 12.5. The highest BCUT2D eigenvalue weighted by molar-refractivity contribution is 5.99. The van der Waals surface area contributed by atoms with Crippen molar-refractivity contribution in [3.63, 3.8) is 0 Å². The highest BCUT2D eigenvalue weighted by Crippen LogP contribution is 2.17. The number of ether oxygens (including phenoxy) is 3. The SMILES string of the molecule is C[C@@H](OC(=O)c1ccc(OC[C@H]2CCCO2)cc1)C(=O)N1CCNC1=O. The zero-order chi connectivity index (χ0) is 18.5. The molecule has 8 nitrogen and oxygen atoms in total. The van der Waals surface area contributed by atoms with Crippen molar-refractivity contribution in [2.24, 2.45) is 0 Å². The zero-order valence-corrected chi connectivity index (χ0v) is 14.6. The van der Waals surface area contributed by atoms with Crippen LogP contribution < -0.4 is 10.1 Å². The molecule has 2 heterocycles. The fourth-order valence-corrected chi connectivity index (χ4v) is 2.83. The number of imide groups is 1. The first kappa shape index (κ1) is 18.2. The summed E-state index contributed by atoms with van der Waals surface area (Å²) in [7, 11) is 0. The smallest absolute Gasteiger partial charge is 0.338 e. The molecule has 26 heavy (non-hydrogen) atoms. The van der Waals surface area contributed by atoms with E-state index >= 15 is 0 Å². The van der Waals surface area contributed by atoms with Crippen LogP contribution in [0.25, 0.3) is 0 Å². The van der Waals surface area contributed by atoms with Gasteiger partial charge < -0.3 is 19.5 Å². The Balaban J connectivity index is 1.50. The molecule has 2 atom stereocenters. The average molecular weight is 362 g/mol. The predicted octanol–water partition coefficient (Wildman–Crippen LogP) is 1.34.